The van der Waals surface area contributed by atoms with Gasteiger partial charge >= 0.3 is 12.0 Å². The van der Waals surface area contributed by atoms with Gasteiger partial charge < -0.3 is 15.3 Å². The van der Waals surface area contributed by atoms with E-state index in [9.17, 15) is 9.59 Å². The summed E-state index contributed by atoms with van der Waals surface area (Å²) >= 11 is 2.96. The van der Waals surface area contributed by atoms with Crippen LogP contribution in [-0.2, 0) is 11.3 Å². The molecule has 0 aliphatic carbocycles. The molecule has 6 nitrogen and oxygen atoms in total. The molecule has 0 spiro atoms. The van der Waals surface area contributed by atoms with E-state index >= 15 is 0 Å². The van der Waals surface area contributed by atoms with Crippen molar-refractivity contribution in [3.05, 3.63) is 16.1 Å². The summed E-state index contributed by atoms with van der Waals surface area (Å²) in [5, 5.41) is 14.5. The van der Waals surface area contributed by atoms with Crippen molar-refractivity contribution in [3.8, 4) is 0 Å². The number of carboxylic acids is 1. The maximum atomic E-state index is 11.9. The fourth-order valence-corrected chi connectivity index (χ4v) is 3.36. The minimum Gasteiger partial charge on any atom is -0.480 e. The SMILES string of the molecule is Cc1nc(CNC(=O)N2CSC[C@H]2C(=O)O)cs1. The number of carboxylic acid groups (broad SMARTS) is 1. The molecule has 8 heteroatoms. The standard InChI is InChI=1S/C10H13N3O3S2/c1-6-12-7(3-18-6)2-11-10(16)13-5-17-4-8(13)9(14)15/h3,8H,2,4-5H2,1H3,(H,11,16)(H,14,15)/t8-/m0/s1. The summed E-state index contributed by atoms with van der Waals surface area (Å²) in [6.07, 6.45) is 0. The Morgan fingerprint density at radius 1 is 1.67 bits per heavy atom. The molecule has 0 radical (unpaired) electrons. The molecular weight excluding hydrogens is 274 g/mol. The van der Waals surface area contributed by atoms with Gasteiger partial charge in [0.2, 0.25) is 0 Å². The lowest BCUT2D eigenvalue weighted by atomic mass is 10.3. The number of nitrogens with zero attached hydrogens (tertiary/aromatic N) is 2. The number of rotatable bonds is 3. The largest absolute Gasteiger partial charge is 0.480 e. The highest BCUT2D eigenvalue weighted by Crippen LogP contribution is 2.21. The van der Waals surface area contributed by atoms with Crippen molar-refractivity contribution in [2.45, 2.75) is 19.5 Å². The number of hydrogen-bond acceptors (Lipinski definition) is 5. The van der Waals surface area contributed by atoms with Gasteiger partial charge in [0, 0.05) is 11.1 Å². The van der Waals surface area contributed by atoms with Gasteiger partial charge in [-0.3, -0.25) is 0 Å². The summed E-state index contributed by atoms with van der Waals surface area (Å²) in [6.45, 7) is 2.23. The van der Waals surface area contributed by atoms with Crippen LogP contribution in [0.15, 0.2) is 5.38 Å². The minimum atomic E-state index is -0.959. The Morgan fingerprint density at radius 3 is 3.06 bits per heavy atom. The van der Waals surface area contributed by atoms with Gasteiger partial charge in [-0.05, 0) is 6.92 Å². The molecule has 2 N–H and O–H groups in total. The van der Waals surface area contributed by atoms with Gasteiger partial charge in [-0.1, -0.05) is 0 Å². The van der Waals surface area contributed by atoms with Crippen LogP contribution in [0.25, 0.3) is 0 Å². The molecule has 1 saturated heterocycles. The van der Waals surface area contributed by atoms with Crippen molar-refractivity contribution < 1.29 is 14.7 Å². The van der Waals surface area contributed by atoms with Gasteiger partial charge in [-0.2, -0.15) is 0 Å². The van der Waals surface area contributed by atoms with E-state index in [0.717, 1.165) is 10.7 Å². The van der Waals surface area contributed by atoms with E-state index in [1.807, 2.05) is 12.3 Å². The highest BCUT2D eigenvalue weighted by atomic mass is 32.2. The molecular formula is C10H13N3O3S2. The van der Waals surface area contributed by atoms with Crippen LogP contribution >= 0.6 is 23.1 Å². The van der Waals surface area contributed by atoms with Crippen molar-refractivity contribution in [2.75, 3.05) is 11.6 Å². The number of amides is 2. The number of carbonyl (C=O) groups excluding carboxylic acids is 1. The highest BCUT2D eigenvalue weighted by molar-refractivity contribution is 7.99. The smallest absolute Gasteiger partial charge is 0.327 e. The van der Waals surface area contributed by atoms with E-state index in [4.69, 9.17) is 5.11 Å². The molecule has 0 aromatic carbocycles. The Morgan fingerprint density at radius 2 is 2.44 bits per heavy atom. The predicted octanol–water partition coefficient (Wildman–Crippen LogP) is 1.12. The first-order valence-corrected chi connectivity index (χ1v) is 7.37. The number of thiazole rings is 1. The number of nitrogens with one attached hydrogen (secondary N) is 1. The topological polar surface area (TPSA) is 82.5 Å². The number of aromatic nitrogens is 1. The maximum absolute atomic E-state index is 11.9. The van der Waals surface area contributed by atoms with Gasteiger partial charge in [0.1, 0.15) is 6.04 Å². The molecule has 98 valence electrons. The molecule has 2 amide bonds. The third-order valence-corrected chi connectivity index (χ3v) is 4.35. The van der Waals surface area contributed by atoms with Gasteiger partial charge in [-0.25, -0.2) is 14.6 Å². The summed E-state index contributed by atoms with van der Waals surface area (Å²) in [6, 6.07) is -1.08. The first-order chi connectivity index (χ1) is 8.58. The molecule has 1 fully saturated rings. The average Bonchev–Trinajstić information content (AvgIpc) is 2.94. The van der Waals surface area contributed by atoms with Crippen molar-refractivity contribution >= 4 is 35.1 Å². The zero-order valence-electron chi connectivity index (χ0n) is 9.75. The zero-order valence-corrected chi connectivity index (χ0v) is 11.4. The predicted molar refractivity (Wildman–Crippen MR) is 69.7 cm³/mol. The van der Waals surface area contributed by atoms with Crippen LogP contribution in [-0.4, -0.2) is 44.7 Å². The van der Waals surface area contributed by atoms with Crippen LogP contribution in [0.1, 0.15) is 10.7 Å². The van der Waals surface area contributed by atoms with Crippen molar-refractivity contribution in [3.63, 3.8) is 0 Å². The molecule has 18 heavy (non-hydrogen) atoms. The number of hydrogen-bond donors (Lipinski definition) is 2. The molecule has 1 aromatic rings. The van der Waals surface area contributed by atoms with Crippen LogP contribution in [0.4, 0.5) is 4.79 Å². The Hall–Kier alpha value is -1.28. The van der Waals surface area contributed by atoms with Gasteiger partial charge in [-0.15, -0.1) is 23.1 Å². The lowest BCUT2D eigenvalue weighted by Crippen LogP contribution is -2.46. The zero-order chi connectivity index (χ0) is 13.1. The quantitative estimate of drug-likeness (QED) is 0.870. The van der Waals surface area contributed by atoms with E-state index in [-0.39, 0.29) is 6.03 Å². The fourth-order valence-electron chi connectivity index (χ4n) is 1.60. The molecule has 0 unspecified atom stereocenters. The van der Waals surface area contributed by atoms with Gasteiger partial charge in [0.25, 0.3) is 0 Å². The fraction of sp³-hybridized carbons (Fsp3) is 0.500. The van der Waals surface area contributed by atoms with Crippen molar-refractivity contribution in [1.82, 2.24) is 15.2 Å². The van der Waals surface area contributed by atoms with Crippen LogP contribution in [0.2, 0.25) is 0 Å². The summed E-state index contributed by atoms with van der Waals surface area (Å²) in [5.74, 6) is -0.100. The second kappa shape index (κ2) is 5.57. The highest BCUT2D eigenvalue weighted by Gasteiger charge is 2.34. The van der Waals surface area contributed by atoms with E-state index in [1.54, 1.807) is 0 Å². The summed E-state index contributed by atoms with van der Waals surface area (Å²) in [5.41, 5.74) is 0.796. The lowest BCUT2D eigenvalue weighted by molar-refractivity contribution is -0.140. The van der Waals surface area contributed by atoms with E-state index < -0.39 is 12.0 Å². The normalized spacial score (nSPS) is 18.9. The number of aryl methyl sites for hydroxylation is 1. The molecule has 1 aromatic heterocycles. The van der Waals surface area contributed by atoms with Crippen molar-refractivity contribution in [1.29, 1.82) is 0 Å². The number of carbonyl (C=O) groups is 2. The summed E-state index contributed by atoms with van der Waals surface area (Å²) in [4.78, 5) is 28.4. The second-order valence-corrected chi connectivity index (χ2v) is 5.90. The Bertz CT molecular complexity index is 463. The maximum Gasteiger partial charge on any atom is 0.327 e. The Kier molecular flexibility index (Phi) is 4.07. The van der Waals surface area contributed by atoms with E-state index in [2.05, 4.69) is 10.3 Å². The molecule has 0 bridgehead atoms. The molecule has 1 atom stereocenters. The lowest BCUT2D eigenvalue weighted by Gasteiger charge is -2.20. The second-order valence-electron chi connectivity index (χ2n) is 3.84. The first-order valence-electron chi connectivity index (χ1n) is 5.34. The number of aliphatic carboxylic acids is 1. The third-order valence-electron chi connectivity index (χ3n) is 2.52. The van der Waals surface area contributed by atoms with E-state index in [1.165, 1.54) is 28.0 Å². The third kappa shape index (κ3) is 2.94. The number of thioether (sulfide) groups is 1. The van der Waals surface area contributed by atoms with Crippen LogP contribution in [0.3, 0.4) is 0 Å². The van der Waals surface area contributed by atoms with Gasteiger partial charge in [0.15, 0.2) is 0 Å². The van der Waals surface area contributed by atoms with Crippen LogP contribution in [0, 0.1) is 6.92 Å². The number of urea groups is 1. The van der Waals surface area contributed by atoms with Crippen LogP contribution < -0.4 is 5.32 Å². The monoisotopic (exact) mass is 287 g/mol. The summed E-state index contributed by atoms with van der Waals surface area (Å²) < 4.78 is 0. The molecule has 1 aliphatic heterocycles. The van der Waals surface area contributed by atoms with Crippen LogP contribution in [0.5, 0.6) is 0 Å². The molecule has 2 heterocycles. The Labute approximate surface area is 112 Å². The van der Waals surface area contributed by atoms with Gasteiger partial charge in [0.05, 0.1) is 23.1 Å². The van der Waals surface area contributed by atoms with Crippen molar-refractivity contribution in [2.24, 2.45) is 0 Å². The molecule has 2 rings (SSSR count). The molecule has 0 saturated carbocycles. The summed E-state index contributed by atoms with van der Waals surface area (Å²) in [7, 11) is 0. The minimum absolute atomic E-state index is 0.330. The average molecular weight is 287 g/mol. The Balaban J connectivity index is 1.89. The molecule has 1 aliphatic rings. The first kappa shape index (κ1) is 13.2. The van der Waals surface area contributed by atoms with E-state index in [0.29, 0.717) is 18.2 Å².